The minimum Gasteiger partial charge on any atom is -0.520 e. The monoisotopic (exact) mass is 467 g/mol. The molecule has 147 valence electrons. The molecule has 0 atom stereocenters. The van der Waals surface area contributed by atoms with Gasteiger partial charge in [-0.15, -0.1) is 0 Å². The summed E-state index contributed by atoms with van der Waals surface area (Å²) in [5.41, 5.74) is 10.5. The molecule has 2 rings (SSSR count). The van der Waals surface area contributed by atoms with Crippen LogP contribution in [0.3, 0.4) is 0 Å². The molecule has 0 heterocycles. The maximum atomic E-state index is 4.16. The van der Waals surface area contributed by atoms with E-state index in [1.807, 2.05) is 12.5 Å². The van der Waals surface area contributed by atoms with Crippen LogP contribution in [-0.2, 0) is 41.5 Å². The Morgan fingerprint density at radius 2 is 1.04 bits per heavy atom. The van der Waals surface area contributed by atoms with Gasteiger partial charge in [0.05, 0.1) is 0 Å². The quantitative estimate of drug-likeness (QED) is 0.192. The molecule has 0 spiro atoms. The summed E-state index contributed by atoms with van der Waals surface area (Å²) in [5.74, 6) is 0. The van der Waals surface area contributed by atoms with E-state index in [0.717, 1.165) is 34.3 Å². The Balaban J connectivity index is 0.000000443. The molecule has 0 unspecified atom stereocenters. The van der Waals surface area contributed by atoms with Crippen molar-refractivity contribution in [3.05, 3.63) is 10.9 Å². The summed E-state index contributed by atoms with van der Waals surface area (Å²) in [7, 11) is 0. The molecule has 0 aliphatic heterocycles. The van der Waals surface area contributed by atoms with Crippen LogP contribution in [0, 0.1) is 0 Å². The molecule has 0 aromatic carbocycles. The van der Waals surface area contributed by atoms with Gasteiger partial charge in [-0.3, -0.25) is 0 Å². The van der Waals surface area contributed by atoms with Crippen LogP contribution >= 0.6 is 23.5 Å². The van der Waals surface area contributed by atoms with Gasteiger partial charge in [0, 0.05) is 17.1 Å². The van der Waals surface area contributed by atoms with Gasteiger partial charge in [-0.2, -0.15) is 0 Å². The van der Waals surface area contributed by atoms with Gasteiger partial charge < -0.3 is 21.1 Å². The van der Waals surface area contributed by atoms with E-state index < -0.39 is 0 Å². The third kappa shape index (κ3) is 13.2. The molecular weight excluding hydrogens is 440 g/mol. The first-order valence-electron chi connectivity index (χ1n) is 8.38. The molecule has 0 aromatic heterocycles. The molecule has 2 aliphatic rings. The zero-order chi connectivity index (χ0) is 17.6. The number of thioether (sulfide) groups is 2. The van der Waals surface area contributed by atoms with Crippen molar-refractivity contribution in [2.75, 3.05) is 12.5 Å². The van der Waals surface area contributed by atoms with Crippen molar-refractivity contribution in [1.29, 1.82) is 0 Å². The van der Waals surface area contributed by atoms with Crippen LogP contribution in [0.4, 0.5) is 0 Å². The maximum Gasteiger partial charge on any atom is 0.174 e. The molecule has 0 saturated heterocycles. The van der Waals surface area contributed by atoms with Crippen molar-refractivity contribution >= 4 is 68.0 Å². The molecular formula is C16H28CuN4S4. The Morgan fingerprint density at radius 1 is 0.720 bits per heavy atom. The van der Waals surface area contributed by atoms with E-state index in [4.69, 9.17) is 0 Å². The first-order chi connectivity index (χ1) is 11.7. The molecule has 0 aromatic rings. The van der Waals surface area contributed by atoms with Gasteiger partial charge >= 0.3 is 0 Å². The van der Waals surface area contributed by atoms with Crippen LogP contribution in [0.15, 0.2) is 10.2 Å². The second kappa shape index (κ2) is 16.5. The van der Waals surface area contributed by atoms with Gasteiger partial charge in [0.15, 0.2) is 33.1 Å². The molecule has 0 bridgehead atoms. The van der Waals surface area contributed by atoms with Crippen molar-refractivity contribution in [2.24, 2.45) is 10.2 Å². The Bertz CT molecular complexity index is 411. The fourth-order valence-corrected chi connectivity index (χ4v) is 2.76. The first-order valence-corrected chi connectivity index (χ1v) is 11.7. The molecule has 4 nitrogen and oxygen atoms in total. The fourth-order valence-electron chi connectivity index (χ4n) is 2.43. The van der Waals surface area contributed by atoms with E-state index in [9.17, 15) is 0 Å². The zero-order valence-electron chi connectivity index (χ0n) is 14.9. The van der Waals surface area contributed by atoms with Crippen LogP contribution in [0.5, 0.6) is 0 Å². The first kappa shape index (κ1) is 25.3. The van der Waals surface area contributed by atoms with Gasteiger partial charge in [-0.1, -0.05) is 36.4 Å². The summed E-state index contributed by atoms with van der Waals surface area (Å²) >= 11 is 11.3. The molecule has 2 saturated carbocycles. The van der Waals surface area contributed by atoms with E-state index >= 15 is 0 Å². The van der Waals surface area contributed by atoms with Gasteiger partial charge in [0.1, 0.15) is 0 Å². The van der Waals surface area contributed by atoms with Crippen LogP contribution < -0.4 is 0 Å². The summed E-state index contributed by atoms with van der Waals surface area (Å²) < 4.78 is 1.49. The van der Waals surface area contributed by atoms with Crippen LogP contribution in [-0.4, -0.2) is 32.6 Å². The molecule has 2 fully saturated rings. The third-order valence-electron chi connectivity index (χ3n) is 3.78. The average molecular weight is 468 g/mol. The van der Waals surface area contributed by atoms with Gasteiger partial charge in [0.2, 0.25) is 0 Å². The molecule has 0 N–H and O–H groups in total. The largest absolute Gasteiger partial charge is 0.520 e. The van der Waals surface area contributed by atoms with Crippen molar-refractivity contribution in [1.82, 2.24) is 0 Å². The minimum atomic E-state index is 0. The molecule has 2 aliphatic carbocycles. The van der Waals surface area contributed by atoms with Crippen LogP contribution in [0.1, 0.15) is 64.2 Å². The van der Waals surface area contributed by atoms with Crippen molar-refractivity contribution < 1.29 is 17.1 Å². The second-order valence-corrected chi connectivity index (χ2v) is 8.67. The molecule has 25 heavy (non-hydrogen) atoms. The predicted octanol–water partition coefficient (Wildman–Crippen LogP) is 4.82. The summed E-state index contributed by atoms with van der Waals surface area (Å²) in [6.45, 7) is 0. The van der Waals surface area contributed by atoms with E-state index in [2.05, 4.69) is 45.5 Å². The van der Waals surface area contributed by atoms with E-state index in [1.54, 1.807) is 0 Å². The Kier molecular flexibility index (Phi) is 16.7. The second-order valence-electron chi connectivity index (χ2n) is 5.63. The van der Waals surface area contributed by atoms with Crippen molar-refractivity contribution in [3.8, 4) is 0 Å². The molecule has 9 heteroatoms. The van der Waals surface area contributed by atoms with Crippen LogP contribution in [0.2, 0.25) is 0 Å². The van der Waals surface area contributed by atoms with Gasteiger partial charge in [0.25, 0.3) is 0 Å². The number of hydrogen-bond donors (Lipinski definition) is 0. The zero-order valence-corrected chi connectivity index (χ0v) is 19.2. The molecule has 1 radical (unpaired) electrons. The summed E-state index contributed by atoms with van der Waals surface area (Å²) in [4.78, 5) is 0. The Morgan fingerprint density at radius 3 is 1.32 bits per heavy atom. The Labute approximate surface area is 182 Å². The van der Waals surface area contributed by atoms with Crippen LogP contribution in [0.25, 0.3) is 10.9 Å². The Hall–Kier alpha value is 0.339. The standard InChI is InChI=1S/2C8H14N2S2.Cu/c2*1-12-8(11)10-9-7-5-3-2-4-6-7;/h2*2-6H2,1H3,(H,10,11);. The number of hydrogen-bond acceptors (Lipinski definition) is 4. The normalized spacial score (nSPS) is 16.6. The molecule has 0 amide bonds. The van der Waals surface area contributed by atoms with E-state index in [0.29, 0.717) is 0 Å². The smallest absolute Gasteiger partial charge is 0.174 e. The number of nitrogens with zero attached hydrogens (tertiary/aromatic N) is 4. The fraction of sp³-hybridized carbons (Fsp3) is 0.750. The van der Waals surface area contributed by atoms with Gasteiger partial charge in [-0.25, -0.2) is 0 Å². The topological polar surface area (TPSA) is 52.9 Å². The number of thiol groups is 2. The minimum absolute atomic E-state index is 0. The van der Waals surface area contributed by atoms with Gasteiger partial charge in [-0.05, 0) is 75.3 Å². The summed E-state index contributed by atoms with van der Waals surface area (Å²) in [5, 5.41) is 8.32. The predicted molar refractivity (Wildman–Crippen MR) is 122 cm³/mol. The number of rotatable bonds is 2. The SMILES string of the molecule is CSC(=[SH+])[N-]N=C1CCCCC1.CSC(=[SH+])[N-]N=C1CCCCC1.[Cu]. The van der Waals surface area contributed by atoms with E-state index in [1.165, 1.54) is 73.5 Å². The van der Waals surface area contributed by atoms with Crippen molar-refractivity contribution in [2.45, 2.75) is 64.2 Å². The average Bonchev–Trinajstić information content (AvgIpc) is 2.66. The summed E-state index contributed by atoms with van der Waals surface area (Å²) in [6, 6.07) is 0. The maximum absolute atomic E-state index is 4.16. The van der Waals surface area contributed by atoms with E-state index in [-0.39, 0.29) is 17.1 Å². The third-order valence-corrected chi connectivity index (χ3v) is 5.95. The summed E-state index contributed by atoms with van der Waals surface area (Å²) in [6.07, 6.45) is 16.2. The van der Waals surface area contributed by atoms with Crippen molar-refractivity contribution in [3.63, 3.8) is 0 Å².